The van der Waals surface area contributed by atoms with Gasteiger partial charge in [0.15, 0.2) is 0 Å². The monoisotopic (exact) mass is 421 g/mol. The van der Waals surface area contributed by atoms with Crippen LogP contribution in [0, 0.1) is 13.8 Å². The van der Waals surface area contributed by atoms with Crippen molar-refractivity contribution in [3.8, 4) is 22.7 Å². The molecule has 0 aliphatic carbocycles. The summed E-state index contributed by atoms with van der Waals surface area (Å²) in [5, 5.41) is 8.16. The average Bonchev–Trinajstić information content (AvgIpc) is 3.07. The topological polar surface area (TPSA) is 74.8 Å². The Morgan fingerprint density at radius 1 is 1.07 bits per heavy atom. The van der Waals surface area contributed by atoms with Gasteiger partial charge in [0.1, 0.15) is 12.4 Å². The van der Waals surface area contributed by atoms with Gasteiger partial charge in [0.05, 0.1) is 11.4 Å². The van der Waals surface area contributed by atoms with Crippen LogP contribution in [0.15, 0.2) is 59.5 Å². The number of ether oxygens (including phenoxy) is 1. The summed E-state index contributed by atoms with van der Waals surface area (Å²) in [6, 6.07) is 15.2. The second kappa shape index (κ2) is 8.12. The van der Waals surface area contributed by atoms with E-state index >= 15 is 0 Å². The minimum atomic E-state index is -0.357. The third kappa shape index (κ3) is 3.84. The zero-order chi connectivity index (χ0) is 21.3. The number of hydrogen-bond acceptors (Lipinski definition) is 5. The summed E-state index contributed by atoms with van der Waals surface area (Å²) in [4.78, 5) is 16.7. The summed E-state index contributed by atoms with van der Waals surface area (Å²) in [5.74, 6) is 0.725. The van der Waals surface area contributed by atoms with Gasteiger partial charge in [-0.2, -0.15) is 9.36 Å². The highest BCUT2D eigenvalue weighted by Gasteiger charge is 2.15. The summed E-state index contributed by atoms with van der Waals surface area (Å²) in [5.41, 5.74) is 4.86. The molecule has 0 aliphatic heterocycles. The lowest BCUT2D eigenvalue weighted by Crippen LogP contribution is -2.23. The SMILES string of the molecule is Cc1ccc(-c2ccc(OCc3c(Cl)cccc3-n3nnn(C)c3=O)c(C)c2)nc1. The van der Waals surface area contributed by atoms with Crippen LogP contribution in [0.3, 0.4) is 0 Å². The predicted octanol–water partition coefficient (Wildman–Crippen LogP) is 3.88. The van der Waals surface area contributed by atoms with Gasteiger partial charge in [-0.05, 0) is 71.8 Å². The fraction of sp³-hybridized carbons (Fsp3) is 0.182. The maximum Gasteiger partial charge on any atom is 0.368 e. The molecular weight excluding hydrogens is 402 g/mol. The van der Waals surface area contributed by atoms with E-state index in [2.05, 4.69) is 15.4 Å². The second-order valence-electron chi connectivity index (χ2n) is 7.02. The number of aromatic nitrogens is 5. The highest BCUT2D eigenvalue weighted by atomic mass is 35.5. The van der Waals surface area contributed by atoms with Crippen molar-refractivity contribution in [2.24, 2.45) is 7.05 Å². The quantitative estimate of drug-likeness (QED) is 0.489. The van der Waals surface area contributed by atoms with E-state index in [4.69, 9.17) is 16.3 Å². The second-order valence-corrected chi connectivity index (χ2v) is 7.43. The van der Waals surface area contributed by atoms with Gasteiger partial charge in [0.2, 0.25) is 0 Å². The molecule has 0 radical (unpaired) electrons. The van der Waals surface area contributed by atoms with Crippen LogP contribution < -0.4 is 10.4 Å². The number of rotatable bonds is 5. The van der Waals surface area contributed by atoms with Gasteiger partial charge < -0.3 is 4.74 Å². The Morgan fingerprint density at radius 2 is 1.90 bits per heavy atom. The van der Waals surface area contributed by atoms with E-state index in [9.17, 15) is 4.79 Å². The predicted molar refractivity (Wildman–Crippen MR) is 115 cm³/mol. The number of aryl methyl sites for hydroxylation is 3. The summed E-state index contributed by atoms with van der Waals surface area (Å²) in [7, 11) is 1.54. The van der Waals surface area contributed by atoms with E-state index in [1.54, 1.807) is 25.2 Å². The molecule has 0 bridgehead atoms. The Balaban J connectivity index is 1.60. The number of halogens is 1. The van der Waals surface area contributed by atoms with Crippen molar-refractivity contribution in [2.45, 2.75) is 20.5 Å². The lowest BCUT2D eigenvalue weighted by atomic mass is 10.1. The zero-order valence-corrected chi connectivity index (χ0v) is 17.6. The van der Waals surface area contributed by atoms with Crippen molar-refractivity contribution in [2.75, 3.05) is 0 Å². The molecule has 0 N–H and O–H groups in total. The van der Waals surface area contributed by atoms with Crippen molar-refractivity contribution in [1.82, 2.24) is 24.8 Å². The van der Waals surface area contributed by atoms with Gasteiger partial charge in [-0.25, -0.2) is 4.79 Å². The van der Waals surface area contributed by atoms with E-state index in [0.29, 0.717) is 16.3 Å². The first-order valence-electron chi connectivity index (χ1n) is 9.37. The molecule has 4 rings (SSSR count). The highest BCUT2D eigenvalue weighted by molar-refractivity contribution is 6.31. The molecule has 8 heteroatoms. The molecule has 2 heterocycles. The Hall–Kier alpha value is -3.45. The Kier molecular flexibility index (Phi) is 5.37. The lowest BCUT2D eigenvalue weighted by molar-refractivity contribution is 0.303. The summed E-state index contributed by atoms with van der Waals surface area (Å²) >= 11 is 6.40. The molecule has 2 aromatic carbocycles. The fourth-order valence-corrected chi connectivity index (χ4v) is 3.34. The van der Waals surface area contributed by atoms with Gasteiger partial charge in [0, 0.05) is 29.4 Å². The first kappa shape index (κ1) is 19.8. The first-order valence-corrected chi connectivity index (χ1v) is 9.75. The molecule has 30 heavy (non-hydrogen) atoms. The van der Waals surface area contributed by atoms with Crippen LogP contribution in [-0.2, 0) is 13.7 Å². The molecule has 0 fully saturated rings. The lowest BCUT2D eigenvalue weighted by Gasteiger charge is -2.14. The maximum atomic E-state index is 12.3. The summed E-state index contributed by atoms with van der Waals surface area (Å²) in [6.45, 7) is 4.17. The largest absolute Gasteiger partial charge is 0.488 e. The average molecular weight is 422 g/mol. The molecule has 7 nitrogen and oxygen atoms in total. The van der Waals surface area contributed by atoms with Crippen molar-refractivity contribution < 1.29 is 4.74 Å². The van der Waals surface area contributed by atoms with Crippen LogP contribution in [0.5, 0.6) is 5.75 Å². The van der Waals surface area contributed by atoms with Gasteiger partial charge in [0.25, 0.3) is 0 Å². The molecule has 4 aromatic rings. The minimum absolute atomic E-state index is 0.182. The molecule has 0 saturated heterocycles. The van der Waals surface area contributed by atoms with E-state index in [0.717, 1.165) is 32.8 Å². The third-order valence-electron chi connectivity index (χ3n) is 4.80. The normalized spacial score (nSPS) is 10.9. The molecule has 152 valence electrons. The maximum absolute atomic E-state index is 12.3. The van der Waals surface area contributed by atoms with Crippen LogP contribution in [0.2, 0.25) is 5.02 Å². The molecular formula is C22H20ClN5O2. The van der Waals surface area contributed by atoms with Crippen LogP contribution in [0.25, 0.3) is 16.9 Å². The van der Waals surface area contributed by atoms with Crippen LogP contribution >= 0.6 is 11.6 Å². The fourth-order valence-electron chi connectivity index (χ4n) is 3.11. The molecule has 2 aromatic heterocycles. The summed E-state index contributed by atoms with van der Waals surface area (Å²) < 4.78 is 8.42. The number of pyridine rings is 1. The summed E-state index contributed by atoms with van der Waals surface area (Å²) in [6.07, 6.45) is 1.85. The molecule has 0 atom stereocenters. The Bertz CT molecular complexity index is 1260. The number of tetrazole rings is 1. The molecule has 0 saturated carbocycles. The van der Waals surface area contributed by atoms with Crippen LogP contribution in [0.4, 0.5) is 0 Å². The van der Waals surface area contributed by atoms with Gasteiger partial charge in [-0.1, -0.05) is 23.7 Å². The van der Waals surface area contributed by atoms with Crippen LogP contribution in [-0.4, -0.2) is 24.8 Å². The van der Waals surface area contributed by atoms with Crippen LogP contribution in [0.1, 0.15) is 16.7 Å². The van der Waals surface area contributed by atoms with E-state index in [-0.39, 0.29) is 12.3 Å². The van der Waals surface area contributed by atoms with Gasteiger partial charge in [-0.3, -0.25) is 4.98 Å². The Morgan fingerprint density at radius 3 is 2.57 bits per heavy atom. The van der Waals surface area contributed by atoms with Crippen molar-refractivity contribution in [1.29, 1.82) is 0 Å². The van der Waals surface area contributed by atoms with E-state index < -0.39 is 0 Å². The van der Waals surface area contributed by atoms with E-state index in [1.165, 1.54) is 4.68 Å². The van der Waals surface area contributed by atoms with Crippen molar-refractivity contribution in [3.63, 3.8) is 0 Å². The third-order valence-corrected chi connectivity index (χ3v) is 5.15. The first-order chi connectivity index (χ1) is 14.4. The molecule has 0 spiro atoms. The van der Waals surface area contributed by atoms with Crippen molar-refractivity contribution in [3.05, 3.63) is 86.9 Å². The van der Waals surface area contributed by atoms with Gasteiger partial charge >= 0.3 is 5.69 Å². The molecule has 0 unspecified atom stereocenters. The van der Waals surface area contributed by atoms with Gasteiger partial charge in [-0.15, -0.1) is 0 Å². The van der Waals surface area contributed by atoms with Crippen molar-refractivity contribution >= 4 is 11.6 Å². The smallest absolute Gasteiger partial charge is 0.368 e. The number of hydrogen-bond donors (Lipinski definition) is 0. The number of benzene rings is 2. The standard InChI is InChI=1S/C22H20ClN5O2/c1-14-7-9-19(24-12-14)16-8-10-21(15(2)11-16)30-13-17-18(23)5-4-6-20(17)28-22(29)27(3)25-26-28/h4-12H,13H2,1-3H3. The highest BCUT2D eigenvalue weighted by Crippen LogP contribution is 2.28. The van der Waals surface area contributed by atoms with E-state index in [1.807, 2.05) is 50.4 Å². The molecule has 0 amide bonds. The molecule has 0 aliphatic rings. The minimum Gasteiger partial charge on any atom is -0.488 e. The Labute approximate surface area is 178 Å². The number of nitrogens with zero attached hydrogens (tertiary/aromatic N) is 5. The zero-order valence-electron chi connectivity index (χ0n) is 16.8.